The molecule has 0 aliphatic rings. The van der Waals surface area contributed by atoms with Gasteiger partial charge in [-0.15, -0.1) is 29.3 Å². The minimum Gasteiger partial charge on any atom is -0.395 e. The summed E-state index contributed by atoms with van der Waals surface area (Å²) in [7, 11) is 0. The van der Waals surface area contributed by atoms with Gasteiger partial charge in [-0.05, 0) is 19.1 Å². The normalized spacial score (nSPS) is 10.6. The molecule has 1 N–H and O–H groups in total. The van der Waals surface area contributed by atoms with Crippen LogP contribution < -0.4 is 0 Å². The van der Waals surface area contributed by atoms with Crippen LogP contribution in [0.2, 0.25) is 4.34 Å². The fraction of sp³-hybridized carbons (Fsp3) is 0.286. The molecule has 0 aromatic carbocycles. The van der Waals surface area contributed by atoms with Gasteiger partial charge in [0.15, 0.2) is 0 Å². The highest BCUT2D eigenvalue weighted by molar-refractivity contribution is 7.24. The minimum atomic E-state index is -0.132. The lowest BCUT2D eigenvalue weighted by atomic mass is 10.3. The maximum absolute atomic E-state index is 12.5. The van der Waals surface area contributed by atoms with E-state index in [0.29, 0.717) is 21.5 Å². The van der Waals surface area contributed by atoms with Crippen molar-refractivity contribution in [2.75, 3.05) is 19.7 Å². The van der Waals surface area contributed by atoms with Gasteiger partial charge in [0.05, 0.1) is 21.5 Å². The van der Waals surface area contributed by atoms with E-state index in [9.17, 15) is 4.79 Å². The van der Waals surface area contributed by atoms with Crippen LogP contribution in [0.15, 0.2) is 24.8 Å². The van der Waals surface area contributed by atoms with Gasteiger partial charge in [-0.1, -0.05) is 17.7 Å². The number of halogens is 1. The zero-order valence-corrected chi connectivity index (χ0v) is 13.9. The Morgan fingerprint density at radius 3 is 2.86 bits per heavy atom. The second-order valence-corrected chi connectivity index (χ2v) is 7.01. The fourth-order valence-electron chi connectivity index (χ4n) is 1.83. The molecule has 2 aromatic heterocycles. The van der Waals surface area contributed by atoms with E-state index in [0.717, 1.165) is 9.88 Å². The number of rotatable bonds is 6. The van der Waals surface area contributed by atoms with E-state index < -0.39 is 0 Å². The molecule has 0 saturated carbocycles. The van der Waals surface area contributed by atoms with Crippen LogP contribution in [-0.2, 0) is 0 Å². The summed E-state index contributed by atoms with van der Waals surface area (Å²) in [5.74, 6) is -0.132. The monoisotopic (exact) mass is 342 g/mol. The molecule has 0 aliphatic carbocycles. The van der Waals surface area contributed by atoms with Crippen LogP contribution in [-0.4, -0.2) is 40.6 Å². The van der Waals surface area contributed by atoms with Gasteiger partial charge < -0.3 is 10.0 Å². The molecule has 0 saturated heterocycles. The molecule has 2 heterocycles. The molecule has 0 unspecified atom stereocenters. The first-order valence-electron chi connectivity index (χ1n) is 6.31. The highest BCUT2D eigenvalue weighted by Gasteiger charge is 2.21. The third-order valence-corrected chi connectivity index (χ3v) is 5.33. The smallest absolute Gasteiger partial charge is 0.266 e. The Labute approximate surface area is 136 Å². The number of aliphatic hydroxyl groups excluding tert-OH is 1. The molecule has 7 heteroatoms. The molecule has 0 aliphatic heterocycles. The first-order valence-corrected chi connectivity index (χ1v) is 8.32. The second-order valence-electron chi connectivity index (χ2n) is 4.30. The van der Waals surface area contributed by atoms with Crippen LogP contribution in [0.4, 0.5) is 0 Å². The molecule has 21 heavy (non-hydrogen) atoms. The summed E-state index contributed by atoms with van der Waals surface area (Å²) in [6, 6.07) is 3.71. The molecule has 0 radical (unpaired) electrons. The predicted octanol–water partition coefficient (Wildman–Crippen LogP) is 3.45. The van der Waals surface area contributed by atoms with E-state index in [1.807, 2.05) is 19.1 Å². The van der Waals surface area contributed by atoms with Crippen molar-refractivity contribution < 1.29 is 9.90 Å². The highest BCUT2D eigenvalue weighted by atomic mass is 35.5. The topological polar surface area (TPSA) is 53.4 Å². The van der Waals surface area contributed by atoms with E-state index in [4.69, 9.17) is 16.7 Å². The predicted molar refractivity (Wildman–Crippen MR) is 88.4 cm³/mol. The minimum absolute atomic E-state index is 0.0786. The number of hydrogen-bond donors (Lipinski definition) is 1. The van der Waals surface area contributed by atoms with Gasteiger partial charge in [0.1, 0.15) is 9.88 Å². The van der Waals surface area contributed by atoms with Gasteiger partial charge >= 0.3 is 0 Å². The standard InChI is InChI=1S/C14H15ClN2O2S2/c1-3-6-17(7-8-18)14(19)12-9(2)16-13(21-12)10-4-5-11(15)20-10/h3-5,18H,1,6-8H2,2H3. The van der Waals surface area contributed by atoms with Crippen molar-refractivity contribution in [3.63, 3.8) is 0 Å². The molecular weight excluding hydrogens is 328 g/mol. The molecule has 2 rings (SSSR count). The van der Waals surface area contributed by atoms with Gasteiger partial charge in [-0.25, -0.2) is 4.98 Å². The number of nitrogens with zero attached hydrogens (tertiary/aromatic N) is 2. The quantitative estimate of drug-likeness (QED) is 0.818. The zero-order chi connectivity index (χ0) is 15.4. The van der Waals surface area contributed by atoms with Gasteiger partial charge in [0.2, 0.25) is 0 Å². The first-order chi connectivity index (χ1) is 10.1. The molecular formula is C14H15ClN2O2S2. The van der Waals surface area contributed by atoms with Crippen molar-refractivity contribution in [1.82, 2.24) is 9.88 Å². The van der Waals surface area contributed by atoms with Gasteiger partial charge in [-0.3, -0.25) is 4.79 Å². The molecule has 1 amide bonds. The van der Waals surface area contributed by atoms with Crippen molar-refractivity contribution in [1.29, 1.82) is 0 Å². The van der Waals surface area contributed by atoms with E-state index in [1.54, 1.807) is 11.0 Å². The van der Waals surface area contributed by atoms with Crippen LogP contribution in [0.5, 0.6) is 0 Å². The number of aromatic nitrogens is 1. The van der Waals surface area contributed by atoms with Crippen LogP contribution in [0.3, 0.4) is 0 Å². The Kier molecular flexibility index (Phi) is 5.52. The number of carbonyl (C=O) groups excluding carboxylic acids is 1. The number of carbonyl (C=O) groups is 1. The van der Waals surface area contributed by atoms with Crippen molar-refractivity contribution in [2.45, 2.75) is 6.92 Å². The lowest BCUT2D eigenvalue weighted by Gasteiger charge is -2.19. The van der Waals surface area contributed by atoms with Crippen molar-refractivity contribution in [3.05, 3.63) is 39.7 Å². The summed E-state index contributed by atoms with van der Waals surface area (Å²) < 4.78 is 0.694. The summed E-state index contributed by atoms with van der Waals surface area (Å²) >= 11 is 8.72. The van der Waals surface area contributed by atoms with Gasteiger partial charge in [-0.2, -0.15) is 0 Å². The zero-order valence-electron chi connectivity index (χ0n) is 11.5. The van der Waals surface area contributed by atoms with E-state index in [-0.39, 0.29) is 19.1 Å². The molecule has 2 aromatic rings. The molecule has 4 nitrogen and oxygen atoms in total. The summed E-state index contributed by atoms with van der Waals surface area (Å²) in [5, 5.41) is 9.85. The highest BCUT2D eigenvalue weighted by Crippen LogP contribution is 2.35. The summed E-state index contributed by atoms with van der Waals surface area (Å²) in [6.07, 6.45) is 1.64. The summed E-state index contributed by atoms with van der Waals surface area (Å²) in [6.45, 7) is 6.05. The number of thiophene rings is 1. The number of hydrogen-bond acceptors (Lipinski definition) is 5. The Balaban J connectivity index is 2.29. The number of thiazole rings is 1. The van der Waals surface area contributed by atoms with Crippen molar-refractivity contribution >= 4 is 40.2 Å². The molecule has 0 bridgehead atoms. The van der Waals surface area contributed by atoms with Crippen LogP contribution >= 0.6 is 34.3 Å². The Bertz CT molecular complexity index is 651. The Morgan fingerprint density at radius 2 is 2.29 bits per heavy atom. The van der Waals surface area contributed by atoms with Crippen molar-refractivity contribution in [3.8, 4) is 9.88 Å². The summed E-state index contributed by atoms with van der Waals surface area (Å²) in [5.41, 5.74) is 0.691. The number of aryl methyl sites for hydroxylation is 1. The Hall–Kier alpha value is -1.21. The molecule has 0 fully saturated rings. The number of amides is 1. The van der Waals surface area contributed by atoms with E-state index >= 15 is 0 Å². The lowest BCUT2D eigenvalue weighted by Crippen LogP contribution is -2.33. The molecule has 0 atom stereocenters. The average Bonchev–Trinajstić information content (AvgIpc) is 3.04. The van der Waals surface area contributed by atoms with Gasteiger partial charge in [0.25, 0.3) is 5.91 Å². The Morgan fingerprint density at radius 1 is 1.52 bits per heavy atom. The van der Waals surface area contributed by atoms with Gasteiger partial charge in [0, 0.05) is 13.1 Å². The van der Waals surface area contributed by atoms with Crippen molar-refractivity contribution in [2.24, 2.45) is 0 Å². The number of aliphatic hydroxyl groups is 1. The molecule has 112 valence electrons. The third kappa shape index (κ3) is 3.71. The van der Waals surface area contributed by atoms with Crippen LogP contribution in [0.25, 0.3) is 9.88 Å². The second kappa shape index (κ2) is 7.17. The SMILES string of the molecule is C=CCN(CCO)C(=O)c1sc(-c2ccc(Cl)s2)nc1C. The van der Waals surface area contributed by atoms with E-state index in [2.05, 4.69) is 11.6 Å². The summed E-state index contributed by atoms with van der Waals surface area (Å²) in [4.78, 5) is 20.1. The largest absolute Gasteiger partial charge is 0.395 e. The maximum Gasteiger partial charge on any atom is 0.266 e. The van der Waals surface area contributed by atoms with E-state index in [1.165, 1.54) is 22.7 Å². The van der Waals surface area contributed by atoms with Crippen LogP contribution in [0.1, 0.15) is 15.4 Å². The lowest BCUT2D eigenvalue weighted by molar-refractivity contribution is 0.0746. The first kappa shape index (κ1) is 16.2. The average molecular weight is 343 g/mol. The maximum atomic E-state index is 12.5. The molecule has 0 spiro atoms. The third-order valence-electron chi connectivity index (χ3n) is 2.78. The van der Waals surface area contributed by atoms with Crippen LogP contribution in [0, 0.1) is 6.92 Å². The fourth-order valence-corrected chi connectivity index (χ4v) is 3.96.